The van der Waals surface area contributed by atoms with Crippen LogP contribution >= 0.6 is 0 Å². The molecule has 0 aliphatic heterocycles. The quantitative estimate of drug-likeness (QED) is 0.590. The van der Waals surface area contributed by atoms with Crippen LogP contribution in [0.4, 0.5) is 0 Å². The van der Waals surface area contributed by atoms with Gasteiger partial charge in [0.2, 0.25) is 0 Å². The van der Waals surface area contributed by atoms with Crippen LogP contribution in [0.3, 0.4) is 0 Å². The Bertz CT molecular complexity index is 135. The maximum absolute atomic E-state index is 9.71. The molecule has 0 amide bonds. The fourth-order valence-corrected chi connectivity index (χ4v) is 1.40. The van der Waals surface area contributed by atoms with Crippen molar-refractivity contribution in [2.45, 2.75) is 57.8 Å². The molecule has 0 radical (unpaired) electrons. The van der Waals surface area contributed by atoms with E-state index < -0.39 is 17.3 Å². The van der Waals surface area contributed by atoms with Gasteiger partial charge in [0.05, 0.1) is 11.2 Å². The van der Waals surface area contributed by atoms with E-state index >= 15 is 0 Å². The first-order valence-corrected chi connectivity index (χ1v) is 4.34. The highest BCUT2D eigenvalue weighted by Gasteiger charge is 2.39. The Labute approximate surface area is 74.0 Å². The van der Waals surface area contributed by atoms with Crippen molar-refractivity contribution in [1.82, 2.24) is 0 Å². The molecule has 74 valence electrons. The second-order valence-corrected chi connectivity index (χ2v) is 4.16. The Morgan fingerprint density at radius 3 is 1.83 bits per heavy atom. The first-order chi connectivity index (χ1) is 5.22. The molecule has 3 nitrogen and oxygen atoms in total. The van der Waals surface area contributed by atoms with Gasteiger partial charge in [0.25, 0.3) is 0 Å². The average Bonchev–Trinajstić information content (AvgIpc) is 1.84. The van der Waals surface area contributed by atoms with Crippen molar-refractivity contribution in [2.24, 2.45) is 0 Å². The van der Waals surface area contributed by atoms with Crippen molar-refractivity contribution in [1.29, 1.82) is 0 Å². The summed E-state index contributed by atoms with van der Waals surface area (Å²) in [6, 6.07) is 0. The molecule has 0 fully saturated rings. The first-order valence-electron chi connectivity index (χ1n) is 4.34. The summed E-state index contributed by atoms with van der Waals surface area (Å²) >= 11 is 0. The van der Waals surface area contributed by atoms with Gasteiger partial charge in [-0.15, -0.1) is 0 Å². The number of hydrogen-bond acceptors (Lipinski definition) is 3. The van der Waals surface area contributed by atoms with E-state index in [0.29, 0.717) is 6.42 Å². The SMILES string of the molecule is CCCC(C)(O)C(O)C(C)(C)O. The lowest BCUT2D eigenvalue weighted by Crippen LogP contribution is -2.52. The predicted octanol–water partition coefficient (Wildman–Crippen LogP) is 0.669. The van der Waals surface area contributed by atoms with E-state index in [2.05, 4.69) is 0 Å². The Kier molecular flexibility index (Phi) is 3.69. The van der Waals surface area contributed by atoms with Gasteiger partial charge in [-0.2, -0.15) is 0 Å². The Balaban J connectivity index is 4.34. The smallest absolute Gasteiger partial charge is 0.110 e. The summed E-state index contributed by atoms with van der Waals surface area (Å²) in [4.78, 5) is 0. The number of aliphatic hydroxyl groups is 3. The van der Waals surface area contributed by atoms with E-state index in [4.69, 9.17) is 0 Å². The molecule has 2 unspecified atom stereocenters. The van der Waals surface area contributed by atoms with Crippen molar-refractivity contribution in [2.75, 3.05) is 0 Å². The van der Waals surface area contributed by atoms with E-state index in [1.54, 1.807) is 6.92 Å². The second-order valence-electron chi connectivity index (χ2n) is 4.16. The minimum absolute atomic E-state index is 0.484. The van der Waals surface area contributed by atoms with Crippen molar-refractivity contribution >= 4 is 0 Å². The molecule has 2 atom stereocenters. The molecule has 3 N–H and O–H groups in total. The van der Waals surface area contributed by atoms with Gasteiger partial charge < -0.3 is 15.3 Å². The highest BCUT2D eigenvalue weighted by Crippen LogP contribution is 2.24. The van der Waals surface area contributed by atoms with Gasteiger partial charge in [0.1, 0.15) is 6.10 Å². The van der Waals surface area contributed by atoms with Crippen LogP contribution in [0.5, 0.6) is 0 Å². The summed E-state index contributed by atoms with van der Waals surface area (Å²) in [5.74, 6) is 0. The molecule has 0 aliphatic rings. The molecular weight excluding hydrogens is 156 g/mol. The van der Waals surface area contributed by atoms with Gasteiger partial charge >= 0.3 is 0 Å². The summed E-state index contributed by atoms with van der Waals surface area (Å²) < 4.78 is 0. The van der Waals surface area contributed by atoms with Crippen LogP contribution in [-0.4, -0.2) is 32.6 Å². The molecule has 0 saturated heterocycles. The van der Waals surface area contributed by atoms with Gasteiger partial charge in [-0.05, 0) is 27.2 Å². The lowest BCUT2D eigenvalue weighted by Gasteiger charge is -2.36. The molecule has 3 heteroatoms. The summed E-state index contributed by atoms with van der Waals surface area (Å²) in [6.07, 6.45) is 0.156. The summed E-state index contributed by atoms with van der Waals surface area (Å²) in [5, 5.41) is 28.7. The maximum atomic E-state index is 9.71. The van der Waals surface area contributed by atoms with E-state index in [9.17, 15) is 15.3 Å². The Hall–Kier alpha value is -0.120. The Morgan fingerprint density at radius 1 is 1.17 bits per heavy atom. The minimum Gasteiger partial charge on any atom is -0.388 e. The highest BCUT2D eigenvalue weighted by atomic mass is 16.4. The number of aliphatic hydroxyl groups excluding tert-OH is 1. The zero-order chi connectivity index (χ0) is 9.99. The average molecular weight is 176 g/mol. The van der Waals surface area contributed by atoms with Crippen LogP contribution in [-0.2, 0) is 0 Å². The zero-order valence-electron chi connectivity index (χ0n) is 8.33. The van der Waals surface area contributed by atoms with Crippen LogP contribution < -0.4 is 0 Å². The summed E-state index contributed by atoms with van der Waals surface area (Å²) in [7, 11) is 0. The normalized spacial score (nSPS) is 20.2. The molecule has 0 aliphatic carbocycles. The van der Waals surface area contributed by atoms with Crippen LogP contribution in [0.15, 0.2) is 0 Å². The lowest BCUT2D eigenvalue weighted by atomic mass is 9.84. The fourth-order valence-electron chi connectivity index (χ4n) is 1.40. The fraction of sp³-hybridized carbons (Fsp3) is 1.00. The van der Waals surface area contributed by atoms with E-state index in [-0.39, 0.29) is 0 Å². The van der Waals surface area contributed by atoms with Crippen molar-refractivity contribution in [3.63, 3.8) is 0 Å². The second kappa shape index (κ2) is 3.73. The Morgan fingerprint density at radius 2 is 1.58 bits per heavy atom. The maximum Gasteiger partial charge on any atom is 0.110 e. The molecule has 0 heterocycles. The molecule has 0 rings (SSSR count). The van der Waals surface area contributed by atoms with Crippen LogP contribution in [0, 0.1) is 0 Å². The van der Waals surface area contributed by atoms with Gasteiger partial charge in [0.15, 0.2) is 0 Å². The number of rotatable bonds is 4. The van der Waals surface area contributed by atoms with Gasteiger partial charge in [-0.25, -0.2) is 0 Å². The van der Waals surface area contributed by atoms with Crippen molar-refractivity contribution in [3.05, 3.63) is 0 Å². The zero-order valence-corrected chi connectivity index (χ0v) is 8.33. The van der Waals surface area contributed by atoms with Crippen LogP contribution in [0.25, 0.3) is 0 Å². The van der Waals surface area contributed by atoms with Crippen LogP contribution in [0.2, 0.25) is 0 Å². The topological polar surface area (TPSA) is 60.7 Å². The molecule has 0 aromatic rings. The monoisotopic (exact) mass is 176 g/mol. The van der Waals surface area contributed by atoms with Crippen molar-refractivity contribution < 1.29 is 15.3 Å². The predicted molar refractivity (Wildman–Crippen MR) is 47.8 cm³/mol. The van der Waals surface area contributed by atoms with E-state index in [0.717, 1.165) is 6.42 Å². The third kappa shape index (κ3) is 3.09. The number of hydrogen-bond donors (Lipinski definition) is 3. The lowest BCUT2D eigenvalue weighted by molar-refractivity contribution is -0.154. The highest BCUT2D eigenvalue weighted by molar-refractivity contribution is 4.91. The van der Waals surface area contributed by atoms with Gasteiger partial charge in [-0.3, -0.25) is 0 Å². The largest absolute Gasteiger partial charge is 0.388 e. The van der Waals surface area contributed by atoms with Gasteiger partial charge in [0, 0.05) is 0 Å². The summed E-state index contributed by atoms with van der Waals surface area (Å²) in [5.41, 5.74) is -2.45. The first kappa shape index (κ1) is 11.9. The third-order valence-corrected chi connectivity index (χ3v) is 2.01. The minimum atomic E-state index is -1.25. The molecule has 0 aromatic heterocycles. The molecule has 12 heavy (non-hydrogen) atoms. The molecule has 0 spiro atoms. The third-order valence-electron chi connectivity index (χ3n) is 2.01. The molecular formula is C9H20O3. The standard InChI is InChI=1S/C9H20O3/c1-5-6-9(4,12)7(10)8(2,3)11/h7,10-12H,5-6H2,1-4H3. The van der Waals surface area contributed by atoms with Gasteiger partial charge in [-0.1, -0.05) is 13.3 Å². The van der Waals surface area contributed by atoms with Crippen LogP contribution in [0.1, 0.15) is 40.5 Å². The molecule has 0 saturated carbocycles. The van der Waals surface area contributed by atoms with E-state index in [1.165, 1.54) is 13.8 Å². The summed E-state index contributed by atoms with van der Waals surface area (Å²) in [6.45, 7) is 6.44. The molecule has 0 bridgehead atoms. The van der Waals surface area contributed by atoms with E-state index in [1.807, 2.05) is 6.92 Å². The molecule has 0 aromatic carbocycles. The van der Waals surface area contributed by atoms with Crippen molar-refractivity contribution in [3.8, 4) is 0 Å².